The molecular weight excluding hydrogens is 319 g/mol. The zero-order valence-electron chi connectivity index (χ0n) is 12.0. The molecule has 2 aromatic rings. The molecule has 0 amide bonds. The summed E-state index contributed by atoms with van der Waals surface area (Å²) >= 11 is 0. The molecule has 23 heavy (non-hydrogen) atoms. The third kappa shape index (κ3) is 2.90. The maximum atomic E-state index is 12.5. The Morgan fingerprint density at radius 3 is 2.22 bits per heavy atom. The SMILES string of the molecule is O=C1OCC(c2ccc(S(=O)(=O)CF)cc2)=C1c1ccccc1. The lowest BCUT2D eigenvalue weighted by atomic mass is 9.97. The van der Waals surface area contributed by atoms with Crippen molar-refractivity contribution in [3.63, 3.8) is 0 Å². The van der Waals surface area contributed by atoms with Crippen molar-refractivity contribution in [1.29, 1.82) is 0 Å². The number of hydrogen-bond donors (Lipinski definition) is 0. The fourth-order valence-corrected chi connectivity index (χ4v) is 3.13. The molecule has 0 unspecified atom stereocenters. The molecule has 4 nitrogen and oxygen atoms in total. The van der Waals surface area contributed by atoms with E-state index in [0.29, 0.717) is 16.7 Å². The van der Waals surface area contributed by atoms with Gasteiger partial charge in [0.05, 0.1) is 10.5 Å². The van der Waals surface area contributed by atoms with Crippen LogP contribution >= 0.6 is 0 Å². The normalized spacial score (nSPS) is 14.9. The second-order valence-corrected chi connectivity index (χ2v) is 6.96. The summed E-state index contributed by atoms with van der Waals surface area (Å²) in [7, 11) is -3.90. The van der Waals surface area contributed by atoms with Gasteiger partial charge in [-0.25, -0.2) is 17.6 Å². The van der Waals surface area contributed by atoms with Crippen LogP contribution in [0.25, 0.3) is 11.1 Å². The first kappa shape index (κ1) is 15.4. The molecular formula is C17H13FO4S. The van der Waals surface area contributed by atoms with E-state index in [-0.39, 0.29) is 11.5 Å². The van der Waals surface area contributed by atoms with E-state index in [0.717, 1.165) is 5.56 Å². The van der Waals surface area contributed by atoms with Gasteiger partial charge in [-0.05, 0) is 23.3 Å². The van der Waals surface area contributed by atoms with E-state index in [2.05, 4.69) is 0 Å². The number of benzene rings is 2. The number of carbonyl (C=O) groups is 1. The highest BCUT2D eigenvalue weighted by Gasteiger charge is 2.27. The van der Waals surface area contributed by atoms with Gasteiger partial charge in [0.15, 0.2) is 6.01 Å². The van der Waals surface area contributed by atoms with Gasteiger partial charge in [0.25, 0.3) is 0 Å². The predicted molar refractivity (Wildman–Crippen MR) is 83.8 cm³/mol. The molecule has 1 heterocycles. The lowest BCUT2D eigenvalue weighted by molar-refractivity contribution is -0.133. The number of ether oxygens (including phenoxy) is 1. The van der Waals surface area contributed by atoms with Gasteiger partial charge in [0.2, 0.25) is 9.84 Å². The number of sulfone groups is 1. The Balaban J connectivity index is 2.06. The molecule has 0 aliphatic carbocycles. The average molecular weight is 332 g/mol. The molecule has 1 aliphatic heterocycles. The van der Waals surface area contributed by atoms with Gasteiger partial charge >= 0.3 is 5.97 Å². The van der Waals surface area contributed by atoms with Gasteiger partial charge in [0.1, 0.15) is 6.61 Å². The molecule has 2 aromatic carbocycles. The first-order chi connectivity index (χ1) is 11.0. The smallest absolute Gasteiger partial charge is 0.339 e. The summed E-state index contributed by atoms with van der Waals surface area (Å²) in [6.07, 6.45) is 0. The Hall–Kier alpha value is -2.47. The maximum Gasteiger partial charge on any atom is 0.339 e. The van der Waals surface area contributed by atoms with Crippen molar-refractivity contribution in [2.24, 2.45) is 0 Å². The first-order valence-corrected chi connectivity index (χ1v) is 8.53. The molecule has 0 aromatic heterocycles. The van der Waals surface area contributed by atoms with Gasteiger partial charge in [-0.2, -0.15) is 0 Å². The van der Waals surface area contributed by atoms with Crippen LogP contribution in [-0.4, -0.2) is 27.0 Å². The van der Waals surface area contributed by atoms with Gasteiger partial charge in [-0.15, -0.1) is 0 Å². The number of esters is 1. The van der Waals surface area contributed by atoms with E-state index in [9.17, 15) is 17.6 Å². The fourth-order valence-electron chi connectivity index (χ4n) is 2.46. The highest BCUT2D eigenvalue weighted by Crippen LogP contribution is 2.33. The van der Waals surface area contributed by atoms with Crippen molar-refractivity contribution in [2.45, 2.75) is 4.90 Å². The van der Waals surface area contributed by atoms with E-state index >= 15 is 0 Å². The van der Waals surface area contributed by atoms with Crippen LogP contribution in [0.3, 0.4) is 0 Å². The van der Waals surface area contributed by atoms with Crippen LogP contribution in [0.2, 0.25) is 0 Å². The quantitative estimate of drug-likeness (QED) is 0.808. The molecule has 1 aliphatic rings. The minimum Gasteiger partial charge on any atom is -0.457 e. The number of carbonyl (C=O) groups excluding carboxylic acids is 1. The second-order valence-electron chi connectivity index (χ2n) is 5.04. The van der Waals surface area contributed by atoms with Gasteiger partial charge in [-0.1, -0.05) is 42.5 Å². The summed E-state index contributed by atoms with van der Waals surface area (Å²) in [6.45, 7) is 0.123. The Labute approximate surface area is 133 Å². The van der Waals surface area contributed by atoms with Crippen LogP contribution in [-0.2, 0) is 19.4 Å². The number of rotatable bonds is 4. The Morgan fingerprint density at radius 1 is 0.957 bits per heavy atom. The zero-order chi connectivity index (χ0) is 16.4. The Bertz CT molecular complexity index is 869. The minimum absolute atomic E-state index is 0.0872. The van der Waals surface area contributed by atoms with E-state index in [4.69, 9.17) is 4.74 Å². The monoisotopic (exact) mass is 332 g/mol. The van der Waals surface area contributed by atoms with E-state index in [1.807, 2.05) is 30.3 Å². The molecule has 0 N–H and O–H groups in total. The molecule has 0 atom stereocenters. The summed E-state index contributed by atoms with van der Waals surface area (Å²) in [5.41, 5.74) is 2.56. The zero-order valence-corrected chi connectivity index (χ0v) is 12.8. The van der Waals surface area contributed by atoms with Crippen LogP contribution < -0.4 is 0 Å². The minimum atomic E-state index is -3.90. The summed E-state index contributed by atoms with van der Waals surface area (Å²) < 4.78 is 40.7. The molecule has 6 heteroatoms. The number of cyclic esters (lactones) is 1. The highest BCUT2D eigenvalue weighted by molar-refractivity contribution is 7.91. The Morgan fingerprint density at radius 2 is 1.61 bits per heavy atom. The number of halogens is 1. The van der Waals surface area contributed by atoms with E-state index in [1.165, 1.54) is 12.1 Å². The lowest BCUT2D eigenvalue weighted by Gasteiger charge is -2.06. The van der Waals surface area contributed by atoms with E-state index < -0.39 is 21.8 Å². The van der Waals surface area contributed by atoms with Gasteiger partial charge < -0.3 is 4.74 Å². The van der Waals surface area contributed by atoms with Crippen molar-refractivity contribution in [2.75, 3.05) is 12.6 Å². The summed E-state index contributed by atoms with van der Waals surface area (Å²) in [4.78, 5) is 11.9. The van der Waals surface area contributed by atoms with Crippen molar-refractivity contribution >= 4 is 27.0 Å². The Kier molecular flexibility index (Phi) is 4.00. The molecule has 0 spiro atoms. The largest absolute Gasteiger partial charge is 0.457 e. The summed E-state index contributed by atoms with van der Waals surface area (Å²) in [5, 5.41) is 0. The van der Waals surface area contributed by atoms with Gasteiger partial charge in [-0.3, -0.25) is 0 Å². The van der Waals surface area contributed by atoms with Crippen LogP contribution in [0, 0.1) is 0 Å². The molecule has 0 fully saturated rings. The van der Waals surface area contributed by atoms with E-state index in [1.54, 1.807) is 12.1 Å². The van der Waals surface area contributed by atoms with Crippen molar-refractivity contribution in [3.05, 3.63) is 65.7 Å². The van der Waals surface area contributed by atoms with Crippen LogP contribution in [0.15, 0.2) is 59.5 Å². The van der Waals surface area contributed by atoms with Gasteiger partial charge in [0, 0.05) is 5.57 Å². The maximum absolute atomic E-state index is 12.5. The highest BCUT2D eigenvalue weighted by atomic mass is 32.2. The van der Waals surface area contributed by atoms with Crippen LogP contribution in [0.1, 0.15) is 11.1 Å². The number of alkyl halides is 1. The van der Waals surface area contributed by atoms with Crippen LogP contribution in [0.5, 0.6) is 0 Å². The molecule has 0 saturated heterocycles. The standard InChI is InChI=1S/C17H13FO4S/c18-11-23(20,21)14-8-6-12(7-9-14)15-10-22-17(19)16(15)13-4-2-1-3-5-13/h1-9H,10-11H2. The number of hydrogen-bond acceptors (Lipinski definition) is 4. The summed E-state index contributed by atoms with van der Waals surface area (Å²) in [6, 6.07) is 13.5. The van der Waals surface area contributed by atoms with Crippen molar-refractivity contribution < 1.29 is 22.3 Å². The lowest BCUT2D eigenvalue weighted by Crippen LogP contribution is -2.02. The average Bonchev–Trinajstić information content (AvgIpc) is 2.97. The third-order valence-electron chi connectivity index (χ3n) is 3.62. The molecule has 0 radical (unpaired) electrons. The van der Waals surface area contributed by atoms with Crippen molar-refractivity contribution in [1.82, 2.24) is 0 Å². The third-order valence-corrected chi connectivity index (χ3v) is 4.90. The molecule has 0 saturated carbocycles. The molecule has 3 rings (SSSR count). The predicted octanol–water partition coefficient (Wildman–Crippen LogP) is 2.85. The molecule has 0 bridgehead atoms. The van der Waals surface area contributed by atoms with Crippen molar-refractivity contribution in [3.8, 4) is 0 Å². The summed E-state index contributed by atoms with van der Waals surface area (Å²) in [5.74, 6) is -0.411. The molecule has 118 valence electrons. The first-order valence-electron chi connectivity index (χ1n) is 6.88. The second kappa shape index (κ2) is 5.96. The van der Waals surface area contributed by atoms with Crippen LogP contribution in [0.4, 0.5) is 4.39 Å². The fraction of sp³-hybridized carbons (Fsp3) is 0.118. The topological polar surface area (TPSA) is 60.4 Å².